The average Bonchev–Trinajstić information content (AvgIpc) is 2.37. The molecule has 0 saturated heterocycles. The Bertz CT molecular complexity index is 552. The molecule has 0 heterocycles. The van der Waals surface area contributed by atoms with Gasteiger partial charge in [-0.25, -0.2) is 4.79 Å². The molecule has 0 aromatic heterocycles. The van der Waals surface area contributed by atoms with Gasteiger partial charge in [0.1, 0.15) is 6.04 Å². The Morgan fingerprint density at radius 1 is 1.19 bits per heavy atom. The molecule has 0 aliphatic carbocycles. The van der Waals surface area contributed by atoms with Gasteiger partial charge in [-0.05, 0) is 12.1 Å². The summed E-state index contributed by atoms with van der Waals surface area (Å²) in [5.74, 6) is -6.59. The van der Waals surface area contributed by atoms with Crippen molar-refractivity contribution < 1.29 is 33.4 Å². The Balaban J connectivity index is 2.92. The zero-order valence-electron chi connectivity index (χ0n) is 10.5. The maximum absolute atomic E-state index is 12.4. The lowest BCUT2D eigenvalue weighted by Crippen LogP contribution is -2.42. The third-order valence-electron chi connectivity index (χ3n) is 2.33. The van der Waals surface area contributed by atoms with E-state index in [1.165, 1.54) is 24.3 Å². The fourth-order valence-corrected chi connectivity index (χ4v) is 2.10. The van der Waals surface area contributed by atoms with Crippen molar-refractivity contribution in [3.63, 3.8) is 0 Å². The summed E-state index contributed by atoms with van der Waals surface area (Å²) in [6, 6.07) is 3.78. The van der Waals surface area contributed by atoms with Crippen LogP contribution in [-0.2, 0) is 9.59 Å². The molecule has 114 valence electrons. The van der Waals surface area contributed by atoms with Crippen LogP contribution in [-0.4, -0.2) is 39.9 Å². The fourth-order valence-electron chi connectivity index (χ4n) is 1.46. The zero-order chi connectivity index (χ0) is 16.0. The average molecular weight is 319 g/mol. The van der Waals surface area contributed by atoms with Gasteiger partial charge in [0.2, 0.25) is 0 Å². The molecule has 0 bridgehead atoms. The van der Waals surface area contributed by atoms with E-state index in [-0.39, 0.29) is 22.2 Å². The van der Waals surface area contributed by atoms with E-state index in [0.717, 1.165) is 0 Å². The molecule has 1 rings (SSSR count). The molecule has 0 aliphatic rings. The molecule has 0 radical (unpaired) electrons. The first kappa shape index (κ1) is 16.9. The second-order valence-corrected chi connectivity index (χ2v) is 4.87. The summed E-state index contributed by atoms with van der Waals surface area (Å²) in [4.78, 5) is 33.3. The van der Waals surface area contributed by atoms with E-state index >= 15 is 0 Å². The van der Waals surface area contributed by atoms with Gasteiger partial charge < -0.3 is 15.5 Å². The molecule has 0 aliphatic heterocycles. The van der Waals surface area contributed by atoms with Crippen LogP contribution in [0.1, 0.15) is 16.8 Å². The minimum atomic E-state index is -2.74. The van der Waals surface area contributed by atoms with Crippen molar-refractivity contribution in [2.75, 3.05) is 0 Å². The quantitative estimate of drug-likeness (QED) is 0.660. The Morgan fingerprint density at radius 2 is 1.81 bits per heavy atom. The van der Waals surface area contributed by atoms with E-state index in [1.807, 2.05) is 5.32 Å². The maximum Gasteiger partial charge on any atom is 0.326 e. The zero-order valence-corrected chi connectivity index (χ0v) is 11.3. The van der Waals surface area contributed by atoms with Crippen LogP contribution in [0.25, 0.3) is 0 Å². The Hall–Kier alpha value is -2.16. The molecule has 3 N–H and O–H groups in total. The van der Waals surface area contributed by atoms with Gasteiger partial charge in [0.05, 0.1) is 12.0 Å². The molecule has 0 saturated carbocycles. The first-order valence-corrected chi connectivity index (χ1v) is 6.48. The van der Waals surface area contributed by atoms with E-state index in [9.17, 15) is 23.2 Å². The highest BCUT2D eigenvalue weighted by Gasteiger charge is 2.25. The highest BCUT2D eigenvalue weighted by atomic mass is 32.2. The maximum atomic E-state index is 12.4. The minimum absolute atomic E-state index is 0.0236. The first-order valence-electron chi connectivity index (χ1n) is 5.60. The fraction of sp³-hybridized carbons (Fsp3) is 0.250. The first-order chi connectivity index (χ1) is 9.81. The van der Waals surface area contributed by atoms with E-state index < -0.39 is 36.1 Å². The third-order valence-corrected chi connectivity index (χ3v) is 3.12. The standard InChI is InChI=1S/C12H11F2NO5S/c13-12(14)21-8-4-2-1-3-6(8)10(18)15-7(11(19)20)5-9(16)17/h1-4,7,12H,5H2,(H,15,18)(H,16,17)(H,19,20)/t7-/m0/s1. The number of halogens is 2. The molecular formula is C12H11F2NO5S. The number of hydrogen-bond donors (Lipinski definition) is 3. The number of carboxylic acids is 2. The molecule has 1 aromatic carbocycles. The molecule has 1 aromatic rings. The predicted octanol–water partition coefficient (Wildman–Crippen LogP) is 1.66. The summed E-state index contributed by atoms with van der Waals surface area (Å²) < 4.78 is 24.8. The van der Waals surface area contributed by atoms with Crippen LogP contribution in [0.15, 0.2) is 29.2 Å². The number of rotatable bonds is 7. The van der Waals surface area contributed by atoms with Gasteiger partial charge in [-0.2, -0.15) is 8.78 Å². The SMILES string of the molecule is O=C(O)C[C@H](NC(=O)c1ccccc1SC(F)F)C(=O)O. The lowest BCUT2D eigenvalue weighted by Gasteiger charge is -2.14. The number of carbonyl (C=O) groups excluding carboxylic acids is 1. The van der Waals surface area contributed by atoms with Gasteiger partial charge in [-0.3, -0.25) is 9.59 Å². The molecular weight excluding hydrogens is 308 g/mol. The summed E-state index contributed by atoms with van der Waals surface area (Å²) in [6.45, 7) is 0. The Morgan fingerprint density at radius 3 is 2.33 bits per heavy atom. The number of carboxylic acid groups (broad SMARTS) is 2. The molecule has 9 heteroatoms. The summed E-state index contributed by atoms with van der Waals surface area (Å²) in [5, 5.41) is 19.4. The molecule has 0 spiro atoms. The van der Waals surface area contributed by atoms with Crippen LogP contribution in [0.2, 0.25) is 0 Å². The van der Waals surface area contributed by atoms with Crippen LogP contribution >= 0.6 is 11.8 Å². The number of benzene rings is 1. The van der Waals surface area contributed by atoms with Gasteiger partial charge in [0.15, 0.2) is 0 Å². The summed E-state index contributed by atoms with van der Waals surface area (Å²) in [7, 11) is 0. The number of thioether (sulfide) groups is 1. The number of carbonyl (C=O) groups is 3. The number of hydrogen-bond acceptors (Lipinski definition) is 4. The van der Waals surface area contributed by atoms with E-state index in [1.54, 1.807) is 0 Å². The molecule has 0 unspecified atom stereocenters. The van der Waals surface area contributed by atoms with Gasteiger partial charge in [-0.1, -0.05) is 23.9 Å². The summed E-state index contributed by atoms with van der Waals surface area (Å²) >= 11 is 0.145. The molecule has 21 heavy (non-hydrogen) atoms. The van der Waals surface area contributed by atoms with Crippen molar-refractivity contribution >= 4 is 29.6 Å². The smallest absolute Gasteiger partial charge is 0.326 e. The van der Waals surface area contributed by atoms with Crippen molar-refractivity contribution in [1.29, 1.82) is 0 Å². The lowest BCUT2D eigenvalue weighted by molar-refractivity contribution is -0.145. The van der Waals surface area contributed by atoms with Gasteiger partial charge >= 0.3 is 11.9 Å². The third kappa shape index (κ3) is 5.38. The van der Waals surface area contributed by atoms with Gasteiger partial charge in [-0.15, -0.1) is 0 Å². The molecule has 1 atom stereocenters. The Kier molecular flexibility index (Phi) is 6.10. The topological polar surface area (TPSA) is 104 Å². The van der Waals surface area contributed by atoms with Gasteiger partial charge in [0.25, 0.3) is 11.7 Å². The van der Waals surface area contributed by atoms with E-state index in [0.29, 0.717) is 0 Å². The number of amides is 1. The molecule has 0 fully saturated rings. The predicted molar refractivity (Wildman–Crippen MR) is 69.4 cm³/mol. The van der Waals surface area contributed by atoms with Crippen LogP contribution in [0.3, 0.4) is 0 Å². The highest BCUT2D eigenvalue weighted by Crippen LogP contribution is 2.28. The number of nitrogens with one attached hydrogen (secondary N) is 1. The second-order valence-electron chi connectivity index (χ2n) is 3.84. The van der Waals surface area contributed by atoms with Crippen LogP contribution < -0.4 is 5.32 Å². The number of aliphatic carboxylic acids is 2. The van der Waals surface area contributed by atoms with Crippen molar-refractivity contribution in [2.24, 2.45) is 0 Å². The van der Waals surface area contributed by atoms with Crippen molar-refractivity contribution in [1.82, 2.24) is 5.32 Å². The highest BCUT2D eigenvalue weighted by molar-refractivity contribution is 7.99. The van der Waals surface area contributed by atoms with Crippen LogP contribution in [0.5, 0.6) is 0 Å². The molecule has 1 amide bonds. The molecule has 6 nitrogen and oxygen atoms in total. The number of alkyl halides is 2. The van der Waals surface area contributed by atoms with Crippen LogP contribution in [0, 0.1) is 0 Å². The summed E-state index contributed by atoms with van der Waals surface area (Å²) in [5.41, 5.74) is -0.139. The summed E-state index contributed by atoms with van der Waals surface area (Å²) in [6.07, 6.45) is -0.814. The van der Waals surface area contributed by atoms with Crippen molar-refractivity contribution in [3.8, 4) is 0 Å². The Labute approximate surface area is 122 Å². The van der Waals surface area contributed by atoms with E-state index in [4.69, 9.17) is 10.2 Å². The second kappa shape index (κ2) is 7.58. The van der Waals surface area contributed by atoms with Gasteiger partial charge in [0, 0.05) is 4.90 Å². The monoisotopic (exact) mass is 319 g/mol. The van der Waals surface area contributed by atoms with Crippen molar-refractivity contribution in [2.45, 2.75) is 23.1 Å². The largest absolute Gasteiger partial charge is 0.481 e. The van der Waals surface area contributed by atoms with Crippen molar-refractivity contribution in [3.05, 3.63) is 29.8 Å². The van der Waals surface area contributed by atoms with E-state index in [2.05, 4.69) is 0 Å². The van der Waals surface area contributed by atoms with Crippen LogP contribution in [0.4, 0.5) is 8.78 Å². The minimum Gasteiger partial charge on any atom is -0.481 e. The lowest BCUT2D eigenvalue weighted by atomic mass is 10.1. The normalized spacial score (nSPS) is 12.0.